The SMILES string of the molecule is COc1cc(OC)c([C@H](C)NN)c(OC)c1. The summed E-state index contributed by atoms with van der Waals surface area (Å²) in [6.07, 6.45) is 0. The van der Waals surface area contributed by atoms with E-state index in [0.717, 1.165) is 5.56 Å². The van der Waals surface area contributed by atoms with Crippen molar-refractivity contribution in [2.24, 2.45) is 5.84 Å². The van der Waals surface area contributed by atoms with Crippen molar-refractivity contribution in [3.8, 4) is 17.2 Å². The zero-order valence-electron chi connectivity index (χ0n) is 10.0. The van der Waals surface area contributed by atoms with Crippen LogP contribution in [0.4, 0.5) is 0 Å². The van der Waals surface area contributed by atoms with Crippen molar-refractivity contribution in [3.05, 3.63) is 17.7 Å². The quantitative estimate of drug-likeness (QED) is 0.584. The van der Waals surface area contributed by atoms with E-state index in [-0.39, 0.29) is 6.04 Å². The highest BCUT2D eigenvalue weighted by atomic mass is 16.5. The second-order valence-corrected chi connectivity index (χ2v) is 3.33. The minimum absolute atomic E-state index is 0.0733. The number of hydrazine groups is 1. The van der Waals surface area contributed by atoms with Gasteiger partial charge >= 0.3 is 0 Å². The van der Waals surface area contributed by atoms with E-state index in [0.29, 0.717) is 17.2 Å². The molecule has 5 heteroatoms. The van der Waals surface area contributed by atoms with Gasteiger partial charge in [-0.2, -0.15) is 0 Å². The lowest BCUT2D eigenvalue weighted by atomic mass is 10.1. The van der Waals surface area contributed by atoms with Crippen LogP contribution >= 0.6 is 0 Å². The molecule has 0 bridgehead atoms. The van der Waals surface area contributed by atoms with E-state index in [1.54, 1.807) is 33.5 Å². The topological polar surface area (TPSA) is 65.7 Å². The number of nitrogens with two attached hydrogens (primary N) is 1. The third kappa shape index (κ3) is 2.37. The molecule has 0 amide bonds. The third-order valence-corrected chi connectivity index (χ3v) is 2.44. The first-order valence-corrected chi connectivity index (χ1v) is 4.94. The maximum absolute atomic E-state index is 5.43. The van der Waals surface area contributed by atoms with Crippen LogP contribution in [-0.4, -0.2) is 21.3 Å². The van der Waals surface area contributed by atoms with E-state index in [9.17, 15) is 0 Å². The highest BCUT2D eigenvalue weighted by Gasteiger charge is 2.17. The van der Waals surface area contributed by atoms with Crippen LogP contribution in [0.2, 0.25) is 0 Å². The van der Waals surface area contributed by atoms with Crippen LogP contribution in [0.1, 0.15) is 18.5 Å². The molecule has 1 aromatic rings. The predicted octanol–water partition coefficient (Wildman–Crippen LogP) is 1.24. The molecular formula is C11H18N2O3. The molecule has 90 valence electrons. The van der Waals surface area contributed by atoms with E-state index in [4.69, 9.17) is 20.1 Å². The minimum atomic E-state index is -0.0733. The van der Waals surface area contributed by atoms with E-state index < -0.39 is 0 Å². The first-order chi connectivity index (χ1) is 7.67. The van der Waals surface area contributed by atoms with Crippen LogP contribution in [0, 0.1) is 0 Å². The Kier molecular flexibility index (Phi) is 4.39. The monoisotopic (exact) mass is 226 g/mol. The molecule has 0 fully saturated rings. The smallest absolute Gasteiger partial charge is 0.131 e. The highest BCUT2D eigenvalue weighted by molar-refractivity contribution is 5.52. The summed E-state index contributed by atoms with van der Waals surface area (Å²) in [5.74, 6) is 7.48. The minimum Gasteiger partial charge on any atom is -0.496 e. The Balaban J connectivity index is 3.31. The van der Waals surface area contributed by atoms with Gasteiger partial charge in [-0.15, -0.1) is 0 Å². The Labute approximate surface area is 95.5 Å². The van der Waals surface area contributed by atoms with Crippen molar-refractivity contribution >= 4 is 0 Å². The predicted molar refractivity (Wildman–Crippen MR) is 61.8 cm³/mol. The molecule has 0 aliphatic rings. The Morgan fingerprint density at radius 3 is 1.88 bits per heavy atom. The Bertz CT molecular complexity index is 330. The molecule has 0 aliphatic carbocycles. The lowest BCUT2D eigenvalue weighted by Crippen LogP contribution is -2.26. The summed E-state index contributed by atoms with van der Waals surface area (Å²) < 4.78 is 15.8. The molecular weight excluding hydrogens is 208 g/mol. The summed E-state index contributed by atoms with van der Waals surface area (Å²) in [5, 5.41) is 0. The fourth-order valence-corrected chi connectivity index (χ4v) is 1.54. The zero-order valence-corrected chi connectivity index (χ0v) is 10.0. The first-order valence-electron chi connectivity index (χ1n) is 4.94. The highest BCUT2D eigenvalue weighted by Crippen LogP contribution is 2.37. The molecule has 0 saturated carbocycles. The summed E-state index contributed by atoms with van der Waals surface area (Å²) in [6.45, 7) is 1.92. The van der Waals surface area contributed by atoms with Crippen molar-refractivity contribution in [2.75, 3.05) is 21.3 Å². The molecule has 0 saturated heterocycles. The average Bonchev–Trinajstić information content (AvgIpc) is 2.35. The summed E-state index contributed by atoms with van der Waals surface area (Å²) in [6, 6.07) is 3.52. The summed E-state index contributed by atoms with van der Waals surface area (Å²) in [5.41, 5.74) is 3.54. The molecule has 0 heterocycles. The van der Waals surface area contributed by atoms with Crippen molar-refractivity contribution in [1.29, 1.82) is 0 Å². The number of rotatable bonds is 5. The van der Waals surface area contributed by atoms with E-state index >= 15 is 0 Å². The number of methoxy groups -OCH3 is 3. The fraction of sp³-hybridized carbons (Fsp3) is 0.455. The van der Waals surface area contributed by atoms with Crippen LogP contribution in [0.5, 0.6) is 17.2 Å². The molecule has 16 heavy (non-hydrogen) atoms. The van der Waals surface area contributed by atoms with Crippen LogP contribution in [0.15, 0.2) is 12.1 Å². The van der Waals surface area contributed by atoms with Crippen LogP contribution < -0.4 is 25.5 Å². The van der Waals surface area contributed by atoms with Crippen LogP contribution in [0.25, 0.3) is 0 Å². The van der Waals surface area contributed by atoms with Gasteiger partial charge in [-0.25, -0.2) is 0 Å². The van der Waals surface area contributed by atoms with Gasteiger partial charge in [0.2, 0.25) is 0 Å². The number of ether oxygens (including phenoxy) is 3. The molecule has 1 atom stereocenters. The average molecular weight is 226 g/mol. The van der Waals surface area contributed by atoms with Gasteiger partial charge < -0.3 is 14.2 Å². The van der Waals surface area contributed by atoms with Crippen LogP contribution in [-0.2, 0) is 0 Å². The number of nitrogens with one attached hydrogen (secondary N) is 1. The van der Waals surface area contributed by atoms with Gasteiger partial charge in [-0.3, -0.25) is 11.3 Å². The second-order valence-electron chi connectivity index (χ2n) is 3.33. The molecule has 0 aliphatic heterocycles. The maximum atomic E-state index is 5.43. The lowest BCUT2D eigenvalue weighted by molar-refractivity contribution is 0.360. The number of hydrogen-bond acceptors (Lipinski definition) is 5. The van der Waals surface area contributed by atoms with Crippen LogP contribution in [0.3, 0.4) is 0 Å². The van der Waals surface area contributed by atoms with Gasteiger partial charge in [0.15, 0.2) is 0 Å². The summed E-state index contributed by atoms with van der Waals surface area (Å²) >= 11 is 0. The Morgan fingerprint density at radius 1 is 1.06 bits per heavy atom. The molecule has 1 aromatic carbocycles. The van der Waals surface area contributed by atoms with Gasteiger partial charge in [0, 0.05) is 12.1 Å². The van der Waals surface area contributed by atoms with Crippen molar-refractivity contribution in [2.45, 2.75) is 13.0 Å². The Hall–Kier alpha value is -1.46. The largest absolute Gasteiger partial charge is 0.496 e. The van der Waals surface area contributed by atoms with Gasteiger partial charge in [0.05, 0.1) is 32.9 Å². The van der Waals surface area contributed by atoms with Crippen molar-refractivity contribution in [1.82, 2.24) is 5.43 Å². The standard InChI is InChI=1S/C11H18N2O3/c1-7(13-12)11-9(15-3)5-8(14-2)6-10(11)16-4/h5-7,13H,12H2,1-4H3/t7-/m0/s1. The first kappa shape index (κ1) is 12.6. The number of hydrogen-bond donors (Lipinski definition) is 2. The van der Waals surface area contributed by atoms with Gasteiger partial charge in [0.1, 0.15) is 17.2 Å². The van der Waals surface area contributed by atoms with Gasteiger partial charge in [0.25, 0.3) is 0 Å². The van der Waals surface area contributed by atoms with Gasteiger partial charge in [-0.1, -0.05) is 0 Å². The lowest BCUT2D eigenvalue weighted by Gasteiger charge is -2.19. The van der Waals surface area contributed by atoms with E-state index in [2.05, 4.69) is 5.43 Å². The molecule has 1 rings (SSSR count). The zero-order chi connectivity index (χ0) is 12.1. The van der Waals surface area contributed by atoms with Gasteiger partial charge in [-0.05, 0) is 6.92 Å². The van der Waals surface area contributed by atoms with Crippen molar-refractivity contribution in [3.63, 3.8) is 0 Å². The number of benzene rings is 1. The molecule has 0 aromatic heterocycles. The molecule has 0 radical (unpaired) electrons. The maximum Gasteiger partial charge on any atom is 0.131 e. The fourth-order valence-electron chi connectivity index (χ4n) is 1.54. The van der Waals surface area contributed by atoms with E-state index in [1.165, 1.54) is 0 Å². The Morgan fingerprint density at radius 2 is 1.56 bits per heavy atom. The summed E-state index contributed by atoms with van der Waals surface area (Å²) in [7, 11) is 4.79. The van der Waals surface area contributed by atoms with Crippen molar-refractivity contribution < 1.29 is 14.2 Å². The summed E-state index contributed by atoms with van der Waals surface area (Å²) in [4.78, 5) is 0. The molecule has 0 unspecified atom stereocenters. The molecule has 5 nitrogen and oxygen atoms in total. The second kappa shape index (κ2) is 5.58. The van der Waals surface area contributed by atoms with E-state index in [1.807, 2.05) is 6.92 Å². The third-order valence-electron chi connectivity index (χ3n) is 2.44. The normalized spacial score (nSPS) is 12.1. The molecule has 3 N–H and O–H groups in total. The molecule has 0 spiro atoms.